The Morgan fingerprint density at radius 1 is 1.02 bits per heavy atom. The van der Waals surface area contributed by atoms with Crippen molar-refractivity contribution < 1.29 is 33.1 Å². The molecule has 14 heteroatoms. The number of oxazole rings is 2. The molecule has 0 aliphatic carbocycles. The molecular weight excluding hydrogens is 666 g/mol. The molecule has 4 aliphatic rings. The van der Waals surface area contributed by atoms with E-state index in [1.807, 2.05) is 63.4 Å². The second-order valence-corrected chi connectivity index (χ2v) is 14.9. The zero-order chi connectivity index (χ0) is 36.5. The summed E-state index contributed by atoms with van der Waals surface area (Å²) >= 11 is 0. The maximum absolute atomic E-state index is 14.1. The summed E-state index contributed by atoms with van der Waals surface area (Å²) in [4.78, 5) is 54.4. The van der Waals surface area contributed by atoms with E-state index in [4.69, 9.17) is 23.5 Å². The van der Waals surface area contributed by atoms with Gasteiger partial charge >= 0.3 is 0 Å². The average molecular weight is 710 g/mol. The average Bonchev–Trinajstić information content (AvgIpc) is 3.91. The third-order valence-electron chi connectivity index (χ3n) is 10.7. The van der Waals surface area contributed by atoms with E-state index >= 15 is 0 Å². The fourth-order valence-corrected chi connectivity index (χ4v) is 7.66. The van der Waals surface area contributed by atoms with Crippen LogP contribution in [0.3, 0.4) is 0 Å². The second kappa shape index (κ2) is 12.8. The first-order chi connectivity index (χ1) is 24.9. The Balaban J connectivity index is 1.31. The van der Waals surface area contributed by atoms with Crippen molar-refractivity contribution in [3.63, 3.8) is 0 Å². The van der Waals surface area contributed by atoms with Gasteiger partial charge in [-0.2, -0.15) is 0 Å². The van der Waals surface area contributed by atoms with Crippen molar-refractivity contribution in [3.05, 3.63) is 82.8 Å². The fourth-order valence-electron chi connectivity index (χ4n) is 7.66. The number of likely N-dealkylation sites (N-methyl/N-ethyl adjacent to an activating group) is 1. The van der Waals surface area contributed by atoms with Crippen LogP contribution in [0.25, 0.3) is 11.6 Å². The molecule has 3 amide bonds. The number of aliphatic hydroxyl groups is 1. The molecule has 2 aromatic heterocycles. The molecule has 4 aromatic rings. The zero-order valence-corrected chi connectivity index (χ0v) is 29.8. The Morgan fingerprint density at radius 2 is 1.79 bits per heavy atom. The van der Waals surface area contributed by atoms with Crippen molar-refractivity contribution in [1.29, 1.82) is 0 Å². The number of hydrogen-bond donors (Lipinski definition) is 4. The van der Waals surface area contributed by atoms with E-state index in [0.29, 0.717) is 24.6 Å². The minimum absolute atomic E-state index is 0.0982. The molecule has 5 atom stereocenters. The molecule has 6 heterocycles. The number of fused-ring (bicyclic) bond motifs is 4. The fraction of sp³-hybridized carbons (Fsp3) is 0.447. The van der Waals surface area contributed by atoms with Crippen LogP contribution < -0.4 is 20.7 Å². The normalized spacial score (nSPS) is 24.3. The molecule has 2 aromatic carbocycles. The van der Waals surface area contributed by atoms with Crippen LogP contribution in [-0.2, 0) is 21.4 Å². The number of nitrogens with zero attached hydrogens (tertiary/aromatic N) is 4. The Labute approximate surface area is 300 Å². The third-order valence-corrected chi connectivity index (χ3v) is 10.7. The van der Waals surface area contributed by atoms with Gasteiger partial charge in [0, 0.05) is 43.9 Å². The lowest BCUT2D eigenvalue weighted by molar-refractivity contribution is -0.135. The molecule has 272 valence electrons. The number of amides is 3. The van der Waals surface area contributed by atoms with Gasteiger partial charge in [0.2, 0.25) is 23.6 Å². The summed E-state index contributed by atoms with van der Waals surface area (Å²) in [7, 11) is 2.03. The number of anilines is 1. The van der Waals surface area contributed by atoms with Gasteiger partial charge in [0.15, 0.2) is 23.4 Å². The minimum atomic E-state index is -1.29. The number of rotatable bonds is 6. The molecule has 1 spiro atoms. The predicted molar refractivity (Wildman–Crippen MR) is 188 cm³/mol. The highest BCUT2D eigenvalue weighted by atomic mass is 16.5. The van der Waals surface area contributed by atoms with Crippen molar-refractivity contribution in [2.24, 2.45) is 11.8 Å². The molecule has 0 radical (unpaired) electrons. The number of piperazine rings is 1. The monoisotopic (exact) mass is 709 g/mol. The van der Waals surface area contributed by atoms with E-state index in [2.05, 4.69) is 20.9 Å². The highest BCUT2D eigenvalue weighted by Crippen LogP contribution is 2.59. The number of para-hydroxylation sites is 1. The number of aromatic nitrogens is 2. The molecule has 0 saturated carbocycles. The summed E-state index contributed by atoms with van der Waals surface area (Å²) in [5.41, 5.74) is 2.61. The molecule has 4 bridgehead atoms. The van der Waals surface area contributed by atoms with Gasteiger partial charge in [0.25, 0.3) is 5.91 Å². The lowest BCUT2D eigenvalue weighted by atomic mass is 9.72. The van der Waals surface area contributed by atoms with Gasteiger partial charge in [-0.3, -0.25) is 14.4 Å². The lowest BCUT2D eigenvalue weighted by Gasteiger charge is -2.31. The first-order valence-corrected chi connectivity index (χ1v) is 17.9. The van der Waals surface area contributed by atoms with Gasteiger partial charge in [-0.05, 0) is 42.1 Å². The van der Waals surface area contributed by atoms with Crippen molar-refractivity contribution >= 4 is 23.4 Å². The summed E-state index contributed by atoms with van der Waals surface area (Å²) in [6.07, 6.45) is -0.439. The van der Waals surface area contributed by atoms with Crippen LogP contribution in [-0.4, -0.2) is 94.2 Å². The van der Waals surface area contributed by atoms with Crippen LogP contribution in [0.5, 0.6) is 5.75 Å². The van der Waals surface area contributed by atoms with Crippen molar-refractivity contribution in [3.8, 4) is 17.3 Å². The van der Waals surface area contributed by atoms with Crippen molar-refractivity contribution in [2.45, 2.75) is 63.9 Å². The summed E-state index contributed by atoms with van der Waals surface area (Å²) in [5.74, 6) is -0.581. The molecule has 8 rings (SSSR count). The van der Waals surface area contributed by atoms with Crippen LogP contribution in [0.4, 0.5) is 5.69 Å². The number of nitrogens with one attached hydrogen (secondary N) is 3. The summed E-state index contributed by atoms with van der Waals surface area (Å²) < 4.78 is 19.6. The Morgan fingerprint density at radius 3 is 2.54 bits per heavy atom. The minimum Gasteiger partial charge on any atom is -0.469 e. The number of carbonyl (C=O) groups is 3. The lowest BCUT2D eigenvalue weighted by Crippen LogP contribution is -2.52. The molecule has 4 N–H and O–H groups in total. The van der Waals surface area contributed by atoms with Crippen LogP contribution >= 0.6 is 0 Å². The van der Waals surface area contributed by atoms with Crippen LogP contribution in [0, 0.1) is 11.8 Å². The van der Waals surface area contributed by atoms with E-state index < -0.39 is 41.6 Å². The van der Waals surface area contributed by atoms with Gasteiger partial charge in [0.05, 0.1) is 0 Å². The maximum atomic E-state index is 14.1. The van der Waals surface area contributed by atoms with Gasteiger partial charge < -0.3 is 44.4 Å². The number of hydrogen-bond acceptors (Lipinski definition) is 11. The Kier molecular flexibility index (Phi) is 8.33. The quantitative estimate of drug-likeness (QED) is 0.232. The highest BCUT2D eigenvalue weighted by Gasteiger charge is 2.61. The van der Waals surface area contributed by atoms with E-state index in [-0.39, 0.29) is 47.3 Å². The molecule has 52 heavy (non-hydrogen) atoms. The van der Waals surface area contributed by atoms with Crippen molar-refractivity contribution in [1.82, 2.24) is 30.4 Å². The number of benzene rings is 2. The standard InChI is InChI=1S/C38H43N7O7/c1-19(2)28-35-43-29(34-40-26(18-50-34)36(49)45-14-12-44(5)13-15-45)31(52-35)38-22-8-6-7-9-24(22)41-37(38)51-27-11-10-21(16-23(27)38)17-25(32(47)42-28)39-33(48)30(46)20(3)4/h6-11,16,18-20,25,28,30,37,41,46H,12-15,17H2,1-5H3,(H,39,48)(H,42,47)/t25-,28-,30-,37-,38?/m0/s1. The van der Waals surface area contributed by atoms with Crippen LogP contribution in [0.1, 0.15) is 72.6 Å². The maximum Gasteiger partial charge on any atom is 0.275 e. The van der Waals surface area contributed by atoms with Gasteiger partial charge in [0.1, 0.15) is 35.6 Å². The predicted octanol–water partition coefficient (Wildman–Crippen LogP) is 3.07. The molecule has 1 fully saturated rings. The number of ether oxygens (including phenoxy) is 1. The SMILES string of the molecule is CC(C)[C@H](O)C(=O)N[C@H]1Cc2ccc3c(c2)C2(c4ccccc4N[C@H]2O3)c2oc(nc2-c2nc(C(=O)N3CCN(C)CC3)co2)[C@H](C(C)C)NC1=O. The number of carbonyl (C=O) groups excluding carboxylic acids is 3. The molecule has 1 saturated heterocycles. The first kappa shape index (κ1) is 33.9. The third kappa shape index (κ3) is 5.43. The Hall–Kier alpha value is -5.21. The molecule has 4 aliphatic heterocycles. The summed E-state index contributed by atoms with van der Waals surface area (Å²) in [5, 5.41) is 20.0. The number of aliphatic hydroxyl groups excluding tert-OH is 1. The van der Waals surface area contributed by atoms with E-state index in [1.54, 1.807) is 18.7 Å². The summed E-state index contributed by atoms with van der Waals surface area (Å²) in [6.45, 7) is 10.0. The second-order valence-electron chi connectivity index (χ2n) is 14.9. The first-order valence-electron chi connectivity index (χ1n) is 17.9. The zero-order valence-electron chi connectivity index (χ0n) is 29.8. The van der Waals surface area contributed by atoms with E-state index in [1.165, 1.54) is 6.26 Å². The topological polar surface area (TPSA) is 175 Å². The van der Waals surface area contributed by atoms with Crippen molar-refractivity contribution in [2.75, 3.05) is 38.5 Å². The van der Waals surface area contributed by atoms with Crippen LogP contribution in [0.15, 0.2) is 57.6 Å². The van der Waals surface area contributed by atoms with Gasteiger partial charge in [-0.1, -0.05) is 58.0 Å². The summed E-state index contributed by atoms with van der Waals surface area (Å²) in [6, 6.07) is 11.8. The smallest absolute Gasteiger partial charge is 0.275 e. The van der Waals surface area contributed by atoms with E-state index in [0.717, 1.165) is 35.5 Å². The molecule has 14 nitrogen and oxygen atoms in total. The largest absolute Gasteiger partial charge is 0.469 e. The van der Waals surface area contributed by atoms with Gasteiger partial charge in [-0.25, -0.2) is 9.97 Å². The van der Waals surface area contributed by atoms with E-state index in [9.17, 15) is 19.5 Å². The van der Waals surface area contributed by atoms with Crippen LogP contribution in [0.2, 0.25) is 0 Å². The Bertz CT molecular complexity index is 2050. The molecule has 1 unspecified atom stereocenters. The van der Waals surface area contributed by atoms with Gasteiger partial charge in [-0.15, -0.1) is 0 Å². The highest BCUT2D eigenvalue weighted by molar-refractivity contribution is 5.93. The molecular formula is C38H43N7O7.